The van der Waals surface area contributed by atoms with Crippen LogP contribution in [0.1, 0.15) is 104 Å². The van der Waals surface area contributed by atoms with E-state index in [2.05, 4.69) is 4.72 Å². The number of fused-ring (bicyclic) bond motifs is 5. The van der Waals surface area contributed by atoms with Crippen LogP contribution in [0.5, 0.6) is 17.5 Å². The summed E-state index contributed by atoms with van der Waals surface area (Å²) in [6.45, 7) is 7.68. The van der Waals surface area contributed by atoms with Crippen molar-refractivity contribution in [3.05, 3.63) is 35.9 Å². The quantitative estimate of drug-likeness (QED) is 0.206. The van der Waals surface area contributed by atoms with Gasteiger partial charge in [0.15, 0.2) is 11.4 Å². The van der Waals surface area contributed by atoms with Gasteiger partial charge in [-0.25, -0.2) is 17.2 Å². The van der Waals surface area contributed by atoms with Gasteiger partial charge in [-0.1, -0.05) is 19.1 Å². The Labute approximate surface area is 355 Å². The largest absolute Gasteiger partial charge is 0.497 e. The number of nitrogens with one attached hydrogen (secondary N) is 1. The number of halogens is 2. The number of rotatable bonds is 11. The van der Waals surface area contributed by atoms with Crippen molar-refractivity contribution < 1.29 is 60.1 Å². The van der Waals surface area contributed by atoms with Crippen molar-refractivity contribution in [3.63, 3.8) is 0 Å². The zero-order valence-electron chi connectivity index (χ0n) is 35.7. The number of amides is 2. The van der Waals surface area contributed by atoms with E-state index in [-0.39, 0.29) is 38.1 Å². The molecule has 14 nitrogen and oxygen atoms in total. The Kier molecular flexibility index (Phi) is 12.5. The van der Waals surface area contributed by atoms with Gasteiger partial charge in [0.1, 0.15) is 11.9 Å². The van der Waals surface area contributed by atoms with Gasteiger partial charge in [-0.15, -0.1) is 0 Å². The summed E-state index contributed by atoms with van der Waals surface area (Å²) in [5.41, 5.74) is -2.62. The van der Waals surface area contributed by atoms with E-state index in [0.29, 0.717) is 49.3 Å². The van der Waals surface area contributed by atoms with Crippen LogP contribution in [0.2, 0.25) is 0 Å². The lowest BCUT2D eigenvalue weighted by molar-refractivity contribution is -0.176. The fourth-order valence-electron chi connectivity index (χ4n) is 8.81. The molecule has 0 radical (unpaired) electrons. The van der Waals surface area contributed by atoms with Crippen LogP contribution in [0.4, 0.5) is 8.78 Å². The number of esters is 1. The molecule has 2 aliphatic carbocycles. The number of ketones is 1. The Balaban J connectivity index is 1.26. The molecule has 2 amide bonds. The smallest absolute Gasteiger partial charge is 0.307 e. The molecule has 7 atom stereocenters. The fraction of sp³-hybridized carbons (Fsp3) is 0.659. The standard InChI is InChI=1S/C44H57F2N3O11S/c1-7-35-32(21-36(51)60-42(3,4)40(45)46)39(52)49-24-28(59-38-30-15-14-27(56-6)19-31(30)29-13-10-18-57-37(29)47-38)20-33(49)34(50)23-44(22-26(44)12-9-8-11-25(2)58-35)41(53)48-61(54,55)43(5)16-17-43/h9,12,14-15,19,25-26,28,32-33,35,40H,7-8,10-11,13,16-18,20-24H2,1-6H3,(H,48,53)/b12-9-/t25-,26-,28-,32+,33+,35+,44-/m1/s1. The SMILES string of the molecule is CC[C@@H]1O[C@H](C)CC/C=C\[C@@H]2C[C@@]2(C(=O)NS(=O)(=O)C2(C)CC2)CC(=O)[C@@H]2C[C@@H](Oc3nc4c(c5cc(OC)ccc35)CCCO4)CN2C(=O)[C@H]1CC(=O)OC(C)(C)C(F)F. The molecular formula is C44H57F2N3O11S. The lowest BCUT2D eigenvalue weighted by atomic mass is 9.90. The van der Waals surface area contributed by atoms with E-state index >= 15 is 4.79 Å². The topological polar surface area (TPSA) is 177 Å². The van der Waals surface area contributed by atoms with E-state index in [1.165, 1.54) is 4.90 Å². The molecular weight excluding hydrogens is 817 g/mol. The van der Waals surface area contributed by atoms with Crippen LogP contribution in [0.3, 0.4) is 0 Å². The number of pyridine rings is 1. The monoisotopic (exact) mass is 873 g/mol. The van der Waals surface area contributed by atoms with Gasteiger partial charge < -0.3 is 28.6 Å². The Bertz CT molecular complexity index is 2190. The molecule has 5 aliphatic rings. The number of alkyl halides is 2. The fourth-order valence-corrected chi connectivity index (χ4v) is 10.1. The Morgan fingerprint density at radius 2 is 1.92 bits per heavy atom. The number of hydrogen-bond donors (Lipinski definition) is 1. The highest BCUT2D eigenvalue weighted by atomic mass is 32.2. The number of Topliss-reactive ketones (excluding diaryl/α,β-unsaturated/α-hetero) is 1. The van der Waals surface area contributed by atoms with E-state index in [1.807, 2.05) is 31.2 Å². The molecule has 1 N–H and O–H groups in total. The van der Waals surface area contributed by atoms with E-state index in [1.54, 1.807) is 27.0 Å². The van der Waals surface area contributed by atoms with E-state index in [9.17, 15) is 31.6 Å². The summed E-state index contributed by atoms with van der Waals surface area (Å²) in [5, 5.41) is 1.48. The maximum Gasteiger partial charge on any atom is 0.307 e. The Morgan fingerprint density at radius 3 is 2.61 bits per heavy atom. The van der Waals surface area contributed by atoms with Gasteiger partial charge in [-0.2, -0.15) is 4.98 Å². The zero-order valence-corrected chi connectivity index (χ0v) is 36.5. The number of nitrogens with zero attached hydrogens (tertiary/aromatic N) is 2. The van der Waals surface area contributed by atoms with E-state index in [0.717, 1.165) is 37.6 Å². The molecule has 0 spiro atoms. The summed E-state index contributed by atoms with van der Waals surface area (Å²) < 4.78 is 85.3. The summed E-state index contributed by atoms with van der Waals surface area (Å²) in [7, 11) is -2.47. The normalized spacial score (nSPS) is 29.6. The van der Waals surface area contributed by atoms with Crippen molar-refractivity contribution >= 4 is 44.4 Å². The number of aryl methyl sites for hydroxylation is 1. The molecule has 1 aromatic heterocycles. The molecule has 0 bridgehead atoms. The number of benzene rings is 1. The van der Waals surface area contributed by atoms with Crippen LogP contribution in [0.15, 0.2) is 30.4 Å². The minimum absolute atomic E-state index is 0.0277. The predicted octanol–water partition coefficient (Wildman–Crippen LogP) is 6.01. The molecule has 0 unspecified atom stereocenters. The van der Waals surface area contributed by atoms with Gasteiger partial charge in [0.2, 0.25) is 33.6 Å². The molecule has 2 aromatic rings. The van der Waals surface area contributed by atoms with Gasteiger partial charge in [-0.3, -0.25) is 23.9 Å². The van der Waals surface area contributed by atoms with E-state index in [4.69, 9.17) is 28.7 Å². The van der Waals surface area contributed by atoms with Crippen LogP contribution >= 0.6 is 0 Å². The second kappa shape index (κ2) is 17.1. The Morgan fingerprint density at radius 1 is 1.16 bits per heavy atom. The number of allylic oxidation sites excluding steroid dienone is 2. The van der Waals surface area contributed by atoms with Gasteiger partial charge in [0.05, 0.1) is 61.0 Å². The second-order valence-electron chi connectivity index (χ2n) is 18.1. The van der Waals surface area contributed by atoms with Crippen molar-refractivity contribution in [1.82, 2.24) is 14.6 Å². The first-order valence-corrected chi connectivity index (χ1v) is 22.8. The maximum absolute atomic E-state index is 15.1. The number of carbonyl (C=O) groups is 4. The molecule has 61 heavy (non-hydrogen) atoms. The number of ether oxygens (including phenoxy) is 5. The van der Waals surface area contributed by atoms with Gasteiger partial charge in [-0.05, 0) is 109 Å². The first-order valence-electron chi connectivity index (χ1n) is 21.3. The molecule has 1 saturated heterocycles. The Hall–Kier alpha value is -4.38. The number of hydrogen-bond acceptors (Lipinski definition) is 12. The molecule has 3 aliphatic heterocycles. The van der Waals surface area contributed by atoms with Crippen LogP contribution < -0.4 is 18.9 Å². The molecule has 4 heterocycles. The highest BCUT2D eigenvalue weighted by molar-refractivity contribution is 7.91. The minimum Gasteiger partial charge on any atom is -0.497 e. The van der Waals surface area contributed by atoms with E-state index < -0.39 is 98.4 Å². The van der Waals surface area contributed by atoms with Crippen molar-refractivity contribution in [3.8, 4) is 17.5 Å². The van der Waals surface area contributed by atoms with Crippen molar-refractivity contribution in [2.45, 2.75) is 146 Å². The lowest BCUT2D eigenvalue weighted by Gasteiger charge is -2.34. The average Bonchev–Trinajstić information content (AvgIpc) is 4.10. The highest BCUT2D eigenvalue weighted by Gasteiger charge is 2.63. The summed E-state index contributed by atoms with van der Waals surface area (Å²) in [4.78, 5) is 63.5. The first-order chi connectivity index (χ1) is 28.8. The third-order valence-electron chi connectivity index (χ3n) is 13.1. The first kappa shape index (κ1) is 44.7. The van der Waals surface area contributed by atoms with Gasteiger partial charge >= 0.3 is 5.97 Å². The van der Waals surface area contributed by atoms with Crippen molar-refractivity contribution in [1.29, 1.82) is 0 Å². The van der Waals surface area contributed by atoms with Crippen LogP contribution in [-0.2, 0) is 45.1 Å². The average molecular weight is 874 g/mol. The molecule has 1 aromatic carbocycles. The molecule has 2 saturated carbocycles. The molecule has 7 rings (SSSR count). The third-order valence-corrected chi connectivity index (χ3v) is 15.3. The predicted molar refractivity (Wildman–Crippen MR) is 219 cm³/mol. The van der Waals surface area contributed by atoms with Crippen LogP contribution in [-0.4, -0.2) is 103 Å². The van der Waals surface area contributed by atoms with Gasteiger partial charge in [0.25, 0.3) is 6.43 Å². The van der Waals surface area contributed by atoms with Crippen LogP contribution in [0, 0.1) is 17.3 Å². The summed E-state index contributed by atoms with van der Waals surface area (Å²) in [6, 6.07) is 4.30. The number of methoxy groups -OCH3 is 1. The molecule has 3 fully saturated rings. The minimum atomic E-state index is -4.03. The highest BCUT2D eigenvalue weighted by Crippen LogP contribution is 2.58. The third kappa shape index (κ3) is 9.09. The van der Waals surface area contributed by atoms with Crippen molar-refractivity contribution in [2.75, 3.05) is 20.3 Å². The number of carbonyl (C=O) groups excluding carboxylic acids is 4. The lowest BCUT2D eigenvalue weighted by Crippen LogP contribution is -2.49. The number of aromatic nitrogens is 1. The van der Waals surface area contributed by atoms with Crippen LogP contribution in [0.25, 0.3) is 10.8 Å². The van der Waals surface area contributed by atoms with Gasteiger partial charge in [0, 0.05) is 23.8 Å². The second-order valence-corrected chi connectivity index (χ2v) is 20.3. The number of sulfonamides is 1. The zero-order chi connectivity index (χ0) is 44.1. The summed E-state index contributed by atoms with van der Waals surface area (Å²) in [5.74, 6) is -3.38. The maximum atomic E-state index is 15.1. The van der Waals surface area contributed by atoms with Crippen molar-refractivity contribution in [2.24, 2.45) is 17.3 Å². The molecule has 17 heteroatoms. The molecule has 334 valence electrons. The summed E-state index contributed by atoms with van der Waals surface area (Å²) in [6.07, 6.45) is 1.45. The summed E-state index contributed by atoms with van der Waals surface area (Å²) >= 11 is 0.